The van der Waals surface area contributed by atoms with Crippen LogP contribution in [0, 0.1) is 0 Å². The van der Waals surface area contributed by atoms with Crippen LogP contribution in [0.4, 0.5) is 0 Å². The summed E-state index contributed by atoms with van der Waals surface area (Å²) in [5.74, 6) is 0. The molecule has 0 aromatic heterocycles. The van der Waals surface area contributed by atoms with E-state index < -0.39 is 8.56 Å². The molecule has 1 rings (SSSR count). The predicted molar refractivity (Wildman–Crippen MR) is 71.5 cm³/mol. The van der Waals surface area contributed by atoms with Gasteiger partial charge >= 0.3 is 8.56 Å². The van der Waals surface area contributed by atoms with Crippen molar-refractivity contribution >= 4 is 8.56 Å². The number of rotatable bonds is 7. The third kappa shape index (κ3) is 5.05. The average Bonchev–Trinajstić information content (AvgIpc) is 2.30. The summed E-state index contributed by atoms with van der Waals surface area (Å²) in [5.41, 5.74) is 0. The molecule has 1 aliphatic rings. The Bertz CT molecular complexity index is 204. The van der Waals surface area contributed by atoms with Gasteiger partial charge in [-0.3, -0.25) is 0 Å². The zero-order valence-corrected chi connectivity index (χ0v) is 12.6. The molecular formula is C12H27NO3Si. The molecule has 1 aliphatic heterocycles. The molecule has 0 saturated carbocycles. The Balaban J connectivity index is 2.46. The Kier molecular flexibility index (Phi) is 6.65. The van der Waals surface area contributed by atoms with Crippen molar-refractivity contribution < 1.29 is 13.6 Å². The van der Waals surface area contributed by atoms with Crippen molar-refractivity contribution in [2.75, 3.05) is 26.3 Å². The largest absolute Gasteiger partial charge is 0.395 e. The highest BCUT2D eigenvalue weighted by Gasteiger charge is 2.35. The Labute approximate surface area is 106 Å². The lowest BCUT2D eigenvalue weighted by molar-refractivity contribution is -0.0470. The van der Waals surface area contributed by atoms with Gasteiger partial charge in [0.05, 0.1) is 18.8 Å². The van der Waals surface area contributed by atoms with Gasteiger partial charge in [0, 0.05) is 19.7 Å². The van der Waals surface area contributed by atoms with E-state index in [4.69, 9.17) is 13.6 Å². The molecule has 4 nitrogen and oxygen atoms in total. The minimum atomic E-state index is -2.00. The summed E-state index contributed by atoms with van der Waals surface area (Å²) in [6.45, 7) is 11.8. The molecular weight excluding hydrogens is 234 g/mol. The van der Waals surface area contributed by atoms with Gasteiger partial charge in [-0.05, 0) is 26.4 Å². The van der Waals surface area contributed by atoms with Crippen LogP contribution in [0.3, 0.4) is 0 Å². The summed E-state index contributed by atoms with van der Waals surface area (Å²) in [4.78, 5) is 0. The first-order chi connectivity index (χ1) is 8.11. The Morgan fingerprint density at radius 3 is 2.76 bits per heavy atom. The average molecular weight is 261 g/mol. The minimum Gasteiger partial charge on any atom is -0.395 e. The lowest BCUT2D eigenvalue weighted by Crippen LogP contribution is -2.50. The molecule has 0 aromatic rings. The van der Waals surface area contributed by atoms with E-state index in [2.05, 4.69) is 25.7 Å². The molecule has 17 heavy (non-hydrogen) atoms. The number of hydrogen-bond acceptors (Lipinski definition) is 4. The second-order valence-electron chi connectivity index (χ2n) is 4.75. The second-order valence-corrected chi connectivity index (χ2v) is 8.05. The van der Waals surface area contributed by atoms with Crippen LogP contribution in [-0.4, -0.2) is 47.1 Å². The molecule has 0 aliphatic carbocycles. The summed E-state index contributed by atoms with van der Waals surface area (Å²) in [6.07, 6.45) is 1.38. The Morgan fingerprint density at radius 1 is 1.47 bits per heavy atom. The quantitative estimate of drug-likeness (QED) is 0.711. The van der Waals surface area contributed by atoms with Gasteiger partial charge in [0.15, 0.2) is 0 Å². The highest BCUT2D eigenvalue weighted by molar-refractivity contribution is 6.66. The maximum absolute atomic E-state index is 6.21. The molecule has 0 amide bonds. The molecule has 0 aromatic carbocycles. The Hall–Kier alpha value is 0.0569. The first kappa shape index (κ1) is 15.1. The molecule has 1 fully saturated rings. The lowest BCUT2D eigenvalue weighted by Gasteiger charge is -2.35. The predicted octanol–water partition coefficient (Wildman–Crippen LogP) is 1.90. The van der Waals surface area contributed by atoms with Crippen LogP contribution in [0.2, 0.25) is 12.6 Å². The first-order valence-electron chi connectivity index (χ1n) is 6.75. The summed E-state index contributed by atoms with van der Waals surface area (Å²) >= 11 is 0. The van der Waals surface area contributed by atoms with E-state index in [9.17, 15) is 0 Å². The van der Waals surface area contributed by atoms with Crippen LogP contribution < -0.4 is 5.32 Å². The molecule has 0 spiro atoms. The molecule has 3 atom stereocenters. The van der Waals surface area contributed by atoms with Crippen molar-refractivity contribution in [3.05, 3.63) is 0 Å². The maximum Gasteiger partial charge on any atom is 0.335 e. The SMILES string of the molecule is CCC[Si](C)(OCC)OC(C)C1CNCCO1. The van der Waals surface area contributed by atoms with Crippen molar-refractivity contribution in [1.29, 1.82) is 0 Å². The maximum atomic E-state index is 6.21. The molecule has 1 N–H and O–H groups in total. The van der Waals surface area contributed by atoms with E-state index in [0.717, 1.165) is 38.8 Å². The molecule has 1 heterocycles. The lowest BCUT2D eigenvalue weighted by atomic mass is 10.2. The van der Waals surface area contributed by atoms with Crippen LogP contribution in [0.5, 0.6) is 0 Å². The van der Waals surface area contributed by atoms with Crippen molar-refractivity contribution in [1.82, 2.24) is 5.32 Å². The highest BCUT2D eigenvalue weighted by atomic mass is 28.4. The fourth-order valence-electron chi connectivity index (χ4n) is 2.28. The normalized spacial score (nSPS) is 26.5. The fourth-order valence-corrected chi connectivity index (χ4v) is 5.07. The standard InChI is InChI=1S/C12H27NO3Si/c1-5-9-17(4,15-6-2)16-11(3)12-10-13-7-8-14-12/h11-13H,5-10H2,1-4H3. The van der Waals surface area contributed by atoms with E-state index in [1.807, 2.05) is 6.92 Å². The van der Waals surface area contributed by atoms with Gasteiger partial charge in [0.1, 0.15) is 0 Å². The highest BCUT2D eigenvalue weighted by Crippen LogP contribution is 2.20. The van der Waals surface area contributed by atoms with Gasteiger partial charge in [-0.2, -0.15) is 0 Å². The number of morpholine rings is 1. The first-order valence-corrected chi connectivity index (χ1v) is 9.27. The zero-order valence-electron chi connectivity index (χ0n) is 11.6. The van der Waals surface area contributed by atoms with Crippen LogP contribution in [0.1, 0.15) is 27.2 Å². The monoisotopic (exact) mass is 261 g/mol. The van der Waals surface area contributed by atoms with Gasteiger partial charge in [0.2, 0.25) is 0 Å². The van der Waals surface area contributed by atoms with Gasteiger partial charge in [-0.1, -0.05) is 13.3 Å². The molecule has 0 radical (unpaired) electrons. The molecule has 102 valence electrons. The van der Waals surface area contributed by atoms with Crippen molar-refractivity contribution in [2.24, 2.45) is 0 Å². The summed E-state index contributed by atoms with van der Waals surface area (Å²) in [6, 6.07) is 1.05. The van der Waals surface area contributed by atoms with Crippen molar-refractivity contribution in [2.45, 2.75) is 52.0 Å². The summed E-state index contributed by atoms with van der Waals surface area (Å²) in [5, 5.41) is 3.34. The summed E-state index contributed by atoms with van der Waals surface area (Å²) < 4.78 is 17.8. The van der Waals surface area contributed by atoms with Crippen LogP contribution in [0.15, 0.2) is 0 Å². The van der Waals surface area contributed by atoms with E-state index in [0.29, 0.717) is 0 Å². The topological polar surface area (TPSA) is 39.7 Å². The summed E-state index contributed by atoms with van der Waals surface area (Å²) in [7, 11) is -2.00. The van der Waals surface area contributed by atoms with Crippen LogP contribution >= 0.6 is 0 Å². The molecule has 0 bridgehead atoms. The smallest absolute Gasteiger partial charge is 0.335 e. The third-order valence-corrected chi connectivity index (χ3v) is 6.25. The van der Waals surface area contributed by atoms with E-state index >= 15 is 0 Å². The van der Waals surface area contributed by atoms with Gasteiger partial charge in [-0.15, -0.1) is 0 Å². The van der Waals surface area contributed by atoms with Crippen LogP contribution in [0.25, 0.3) is 0 Å². The van der Waals surface area contributed by atoms with E-state index in [-0.39, 0.29) is 12.2 Å². The minimum absolute atomic E-state index is 0.109. The molecule has 3 unspecified atom stereocenters. The zero-order chi connectivity index (χ0) is 12.7. The van der Waals surface area contributed by atoms with E-state index in [1.165, 1.54) is 0 Å². The Morgan fingerprint density at radius 2 is 2.24 bits per heavy atom. The number of ether oxygens (including phenoxy) is 1. The van der Waals surface area contributed by atoms with Crippen molar-refractivity contribution in [3.63, 3.8) is 0 Å². The van der Waals surface area contributed by atoms with Gasteiger partial charge in [-0.25, -0.2) is 0 Å². The number of nitrogens with one attached hydrogen (secondary N) is 1. The van der Waals surface area contributed by atoms with Gasteiger partial charge < -0.3 is 18.9 Å². The number of hydrogen-bond donors (Lipinski definition) is 1. The van der Waals surface area contributed by atoms with Crippen LogP contribution in [-0.2, 0) is 13.6 Å². The van der Waals surface area contributed by atoms with E-state index in [1.54, 1.807) is 0 Å². The third-order valence-electron chi connectivity index (χ3n) is 3.07. The fraction of sp³-hybridized carbons (Fsp3) is 1.00. The van der Waals surface area contributed by atoms with Gasteiger partial charge in [0.25, 0.3) is 0 Å². The molecule has 1 saturated heterocycles. The van der Waals surface area contributed by atoms with Crippen molar-refractivity contribution in [3.8, 4) is 0 Å². The second kappa shape index (κ2) is 7.48. The molecule has 5 heteroatoms.